The zero-order chi connectivity index (χ0) is 15.3. The molecule has 0 bridgehead atoms. The van der Waals surface area contributed by atoms with Crippen LogP contribution in [0.4, 0.5) is 13.2 Å². The van der Waals surface area contributed by atoms with Crippen molar-refractivity contribution in [3.63, 3.8) is 0 Å². The van der Waals surface area contributed by atoms with Gasteiger partial charge in [-0.3, -0.25) is 0 Å². The van der Waals surface area contributed by atoms with Crippen LogP contribution in [-0.4, -0.2) is 36.1 Å². The largest absolute Gasteiger partial charge is 0.446 e. The summed E-state index contributed by atoms with van der Waals surface area (Å²) in [6.07, 6.45) is 2.57. The molecule has 1 aliphatic heterocycles. The Morgan fingerprint density at radius 1 is 1.19 bits per heavy atom. The molecule has 1 heterocycles. The van der Waals surface area contributed by atoms with Crippen molar-refractivity contribution in [1.82, 2.24) is 10.2 Å². The van der Waals surface area contributed by atoms with Gasteiger partial charge in [0.15, 0.2) is 0 Å². The minimum absolute atomic E-state index is 0.0719. The summed E-state index contributed by atoms with van der Waals surface area (Å²) in [4.78, 5) is 2.68. The van der Waals surface area contributed by atoms with E-state index in [0.717, 1.165) is 12.1 Å². The first-order valence-electron chi connectivity index (χ1n) is 7.23. The highest BCUT2D eigenvalue weighted by Gasteiger charge is 2.28. The molecule has 1 atom stereocenters. The third kappa shape index (κ3) is 6.28. The Balaban J connectivity index is 1.75. The molecule has 0 aliphatic carbocycles. The molecule has 21 heavy (non-hydrogen) atoms. The molecule has 0 amide bonds. The van der Waals surface area contributed by atoms with E-state index in [2.05, 4.69) is 17.1 Å². The number of alkyl halides is 3. The van der Waals surface area contributed by atoms with Gasteiger partial charge in [0.25, 0.3) is 0 Å². The van der Waals surface area contributed by atoms with Gasteiger partial charge >= 0.3 is 5.51 Å². The van der Waals surface area contributed by atoms with E-state index in [-0.39, 0.29) is 16.7 Å². The fraction of sp³-hybridized carbons (Fsp3) is 0.600. The van der Waals surface area contributed by atoms with Crippen LogP contribution in [0.2, 0.25) is 0 Å². The number of nitrogens with one attached hydrogen (secondary N) is 1. The van der Waals surface area contributed by atoms with Crippen LogP contribution in [0.3, 0.4) is 0 Å². The molecule has 1 saturated heterocycles. The predicted molar refractivity (Wildman–Crippen MR) is 80.3 cm³/mol. The second-order valence-corrected chi connectivity index (χ2v) is 6.62. The van der Waals surface area contributed by atoms with E-state index in [1.165, 1.54) is 38.1 Å². The first kappa shape index (κ1) is 16.6. The standard InChI is InChI=1S/C15H21F3N2S/c1-12(11-20-8-2-3-9-20)19-10-13-4-6-14(7-5-13)21-15(16,17)18/h4-7,12,19H,2-3,8-11H2,1H3. The zero-order valence-electron chi connectivity index (χ0n) is 12.1. The highest BCUT2D eigenvalue weighted by molar-refractivity contribution is 8.00. The summed E-state index contributed by atoms with van der Waals surface area (Å²) in [5.41, 5.74) is -3.21. The first-order valence-corrected chi connectivity index (χ1v) is 8.04. The van der Waals surface area contributed by atoms with Crippen molar-refractivity contribution in [2.45, 2.75) is 42.8 Å². The molecule has 1 fully saturated rings. The number of rotatable bonds is 6. The molecule has 118 valence electrons. The average Bonchev–Trinajstić information content (AvgIpc) is 2.89. The molecule has 2 nitrogen and oxygen atoms in total. The Morgan fingerprint density at radius 3 is 2.38 bits per heavy atom. The lowest BCUT2D eigenvalue weighted by Crippen LogP contribution is -2.37. The van der Waals surface area contributed by atoms with Crippen LogP contribution in [0.5, 0.6) is 0 Å². The van der Waals surface area contributed by atoms with E-state index >= 15 is 0 Å². The van der Waals surface area contributed by atoms with Crippen molar-refractivity contribution in [1.29, 1.82) is 0 Å². The van der Waals surface area contributed by atoms with Gasteiger partial charge in [-0.05, 0) is 62.3 Å². The van der Waals surface area contributed by atoms with Crippen LogP contribution >= 0.6 is 11.8 Å². The third-order valence-corrected chi connectivity index (χ3v) is 4.28. The van der Waals surface area contributed by atoms with Gasteiger partial charge in [-0.1, -0.05) is 12.1 Å². The number of halogens is 3. The lowest BCUT2D eigenvalue weighted by Gasteiger charge is -2.21. The van der Waals surface area contributed by atoms with Crippen LogP contribution < -0.4 is 5.32 Å². The molecule has 0 saturated carbocycles. The summed E-state index contributed by atoms with van der Waals surface area (Å²) in [7, 11) is 0. The molecule has 0 aromatic heterocycles. The van der Waals surface area contributed by atoms with Gasteiger partial charge in [0, 0.05) is 24.0 Å². The lowest BCUT2D eigenvalue weighted by molar-refractivity contribution is -0.0328. The van der Waals surface area contributed by atoms with Crippen molar-refractivity contribution in [3.05, 3.63) is 29.8 Å². The number of thioether (sulfide) groups is 1. The van der Waals surface area contributed by atoms with E-state index in [4.69, 9.17) is 0 Å². The predicted octanol–water partition coefficient (Wildman–Crippen LogP) is 3.87. The van der Waals surface area contributed by atoms with Crippen LogP contribution in [0.1, 0.15) is 25.3 Å². The van der Waals surface area contributed by atoms with Crippen molar-refractivity contribution in [2.75, 3.05) is 19.6 Å². The van der Waals surface area contributed by atoms with E-state index in [0.29, 0.717) is 12.6 Å². The number of hydrogen-bond donors (Lipinski definition) is 1. The fourth-order valence-corrected chi connectivity index (χ4v) is 3.06. The molecule has 0 radical (unpaired) electrons. The number of likely N-dealkylation sites (tertiary alicyclic amines) is 1. The topological polar surface area (TPSA) is 15.3 Å². The monoisotopic (exact) mass is 318 g/mol. The maximum atomic E-state index is 12.2. The quantitative estimate of drug-likeness (QED) is 0.802. The Bertz CT molecular complexity index is 428. The molecule has 2 rings (SSSR count). The number of hydrogen-bond acceptors (Lipinski definition) is 3. The van der Waals surface area contributed by atoms with Crippen molar-refractivity contribution in [2.24, 2.45) is 0 Å². The second-order valence-electron chi connectivity index (χ2n) is 5.48. The van der Waals surface area contributed by atoms with Crippen molar-refractivity contribution < 1.29 is 13.2 Å². The van der Waals surface area contributed by atoms with Gasteiger partial charge in [0.1, 0.15) is 0 Å². The van der Waals surface area contributed by atoms with E-state index in [9.17, 15) is 13.2 Å². The summed E-state index contributed by atoms with van der Waals surface area (Å²) in [6.45, 7) is 6.21. The maximum Gasteiger partial charge on any atom is 0.446 e. The van der Waals surface area contributed by atoms with Gasteiger partial charge in [0.05, 0.1) is 0 Å². The second kappa shape index (κ2) is 7.51. The summed E-state index contributed by atoms with van der Waals surface area (Å²) in [6, 6.07) is 6.95. The summed E-state index contributed by atoms with van der Waals surface area (Å²) < 4.78 is 36.7. The summed E-state index contributed by atoms with van der Waals surface area (Å²) in [5.74, 6) is 0. The Kier molecular flexibility index (Phi) is 5.96. The minimum atomic E-state index is -4.22. The SMILES string of the molecule is CC(CN1CCCC1)NCc1ccc(SC(F)(F)F)cc1. The molecule has 1 N–H and O–H groups in total. The Hall–Kier alpha value is -0.720. The highest BCUT2D eigenvalue weighted by atomic mass is 32.2. The molecule has 1 unspecified atom stereocenters. The van der Waals surface area contributed by atoms with Crippen LogP contribution in [0.15, 0.2) is 29.2 Å². The number of nitrogens with zero attached hydrogens (tertiary/aromatic N) is 1. The zero-order valence-corrected chi connectivity index (χ0v) is 12.9. The van der Waals surface area contributed by atoms with E-state index in [1.54, 1.807) is 12.1 Å². The molecular weight excluding hydrogens is 297 g/mol. The number of benzene rings is 1. The van der Waals surface area contributed by atoms with Crippen LogP contribution in [0.25, 0.3) is 0 Å². The fourth-order valence-electron chi connectivity index (χ4n) is 2.52. The smallest absolute Gasteiger partial charge is 0.309 e. The maximum absolute atomic E-state index is 12.2. The van der Waals surface area contributed by atoms with Gasteiger partial charge in [0.2, 0.25) is 0 Å². The minimum Gasteiger partial charge on any atom is -0.309 e. The highest BCUT2D eigenvalue weighted by Crippen LogP contribution is 2.36. The van der Waals surface area contributed by atoms with Crippen molar-refractivity contribution in [3.8, 4) is 0 Å². The van der Waals surface area contributed by atoms with Gasteiger partial charge in [-0.15, -0.1) is 0 Å². The summed E-state index contributed by atoms with van der Waals surface area (Å²) in [5, 5.41) is 3.42. The van der Waals surface area contributed by atoms with Crippen LogP contribution in [-0.2, 0) is 6.54 Å². The van der Waals surface area contributed by atoms with E-state index < -0.39 is 5.51 Å². The van der Waals surface area contributed by atoms with Gasteiger partial charge in [-0.25, -0.2) is 0 Å². The van der Waals surface area contributed by atoms with E-state index in [1.807, 2.05) is 0 Å². The molecular formula is C15H21F3N2S. The molecule has 1 aliphatic rings. The van der Waals surface area contributed by atoms with Crippen molar-refractivity contribution >= 4 is 11.8 Å². The third-order valence-electron chi connectivity index (χ3n) is 3.54. The Labute approximate surface area is 128 Å². The van der Waals surface area contributed by atoms with Gasteiger partial charge in [-0.2, -0.15) is 13.2 Å². The van der Waals surface area contributed by atoms with Crippen LogP contribution in [0, 0.1) is 0 Å². The average molecular weight is 318 g/mol. The molecule has 1 aromatic carbocycles. The first-order chi connectivity index (χ1) is 9.92. The summed E-state index contributed by atoms with van der Waals surface area (Å²) >= 11 is -0.0719. The molecule has 6 heteroatoms. The lowest BCUT2D eigenvalue weighted by atomic mass is 10.2. The molecule has 0 spiro atoms. The Morgan fingerprint density at radius 2 is 1.81 bits per heavy atom. The van der Waals surface area contributed by atoms with Gasteiger partial charge < -0.3 is 10.2 Å². The molecule has 1 aromatic rings. The normalized spacial score (nSPS) is 18.1.